The maximum Gasteiger partial charge on any atom is 0.328 e. The van der Waals surface area contributed by atoms with Crippen LogP contribution in [0.15, 0.2) is 10.5 Å². The molecule has 0 aliphatic heterocycles. The van der Waals surface area contributed by atoms with Gasteiger partial charge in [0.1, 0.15) is 10.4 Å². The third-order valence-corrected chi connectivity index (χ3v) is 6.27. The first-order valence-corrected chi connectivity index (χ1v) is 9.48. The van der Waals surface area contributed by atoms with Gasteiger partial charge in [0.15, 0.2) is 0 Å². The smallest absolute Gasteiger partial charge is 0.328 e. The van der Waals surface area contributed by atoms with E-state index in [1.54, 1.807) is 0 Å². The second kappa shape index (κ2) is 8.51. The fourth-order valence-electron chi connectivity index (χ4n) is 2.68. The van der Waals surface area contributed by atoms with Gasteiger partial charge in [-0.1, -0.05) is 37.3 Å². The predicted molar refractivity (Wildman–Crippen MR) is 91.0 cm³/mol. The van der Waals surface area contributed by atoms with E-state index in [2.05, 4.69) is 21.2 Å². The van der Waals surface area contributed by atoms with Crippen LogP contribution in [-0.4, -0.2) is 18.6 Å². The summed E-state index contributed by atoms with van der Waals surface area (Å²) in [5.74, 6) is -0.216. The summed E-state index contributed by atoms with van der Waals surface area (Å²) in [5.41, 5.74) is 0. The lowest BCUT2D eigenvalue weighted by molar-refractivity contribution is -0.146. The van der Waals surface area contributed by atoms with Crippen LogP contribution in [0.2, 0.25) is 4.34 Å². The normalized spacial score (nSPS) is 18.2. The van der Waals surface area contributed by atoms with Gasteiger partial charge in [0.25, 0.3) is 0 Å². The molecule has 0 aromatic carbocycles. The van der Waals surface area contributed by atoms with Crippen molar-refractivity contribution < 1.29 is 9.53 Å². The summed E-state index contributed by atoms with van der Waals surface area (Å²) in [5, 5.41) is 3.49. The Morgan fingerprint density at radius 1 is 1.48 bits per heavy atom. The topological polar surface area (TPSA) is 38.3 Å². The van der Waals surface area contributed by atoms with Gasteiger partial charge in [0.2, 0.25) is 0 Å². The largest absolute Gasteiger partial charge is 0.465 e. The average molecular weight is 395 g/mol. The van der Waals surface area contributed by atoms with E-state index in [-0.39, 0.29) is 5.97 Å². The minimum Gasteiger partial charge on any atom is -0.465 e. The molecular formula is C15H21BrClNO2S. The Bertz CT molecular complexity index is 453. The molecule has 118 valence electrons. The maximum atomic E-state index is 12.3. The van der Waals surface area contributed by atoms with Crippen LogP contribution in [-0.2, 0) is 9.53 Å². The fourth-order valence-corrected chi connectivity index (χ4v) is 4.46. The van der Waals surface area contributed by atoms with Crippen molar-refractivity contribution in [3.63, 3.8) is 0 Å². The van der Waals surface area contributed by atoms with Crippen molar-refractivity contribution in [3.05, 3.63) is 19.8 Å². The van der Waals surface area contributed by atoms with E-state index in [1.165, 1.54) is 37.0 Å². The highest BCUT2D eigenvalue weighted by atomic mass is 79.9. The number of carbonyl (C=O) groups is 1. The molecule has 21 heavy (non-hydrogen) atoms. The van der Waals surface area contributed by atoms with Crippen LogP contribution < -0.4 is 5.32 Å². The molecule has 1 heterocycles. The molecule has 2 rings (SSSR count). The van der Waals surface area contributed by atoms with E-state index in [9.17, 15) is 4.79 Å². The Balaban J connectivity index is 2.13. The van der Waals surface area contributed by atoms with Gasteiger partial charge in [0, 0.05) is 15.4 Å². The molecule has 6 heteroatoms. The standard InChI is InChI=1S/C15H21BrClNO2S/c1-2-20-15(19)13(12-9-11(16)14(17)21-12)18-10-7-5-3-4-6-8-10/h9-10,13,18H,2-8H2,1H3. The number of thiophene rings is 1. The number of hydrogen-bond acceptors (Lipinski definition) is 4. The molecule has 0 radical (unpaired) electrons. The molecule has 1 saturated carbocycles. The molecule has 0 amide bonds. The Morgan fingerprint density at radius 2 is 2.14 bits per heavy atom. The van der Waals surface area contributed by atoms with E-state index in [0.717, 1.165) is 22.2 Å². The molecule has 1 atom stereocenters. The summed E-state index contributed by atoms with van der Waals surface area (Å²) in [7, 11) is 0. The summed E-state index contributed by atoms with van der Waals surface area (Å²) in [6, 6.07) is 1.88. The number of carbonyl (C=O) groups excluding carboxylic acids is 1. The highest BCUT2D eigenvalue weighted by Crippen LogP contribution is 2.36. The van der Waals surface area contributed by atoms with E-state index in [4.69, 9.17) is 16.3 Å². The lowest BCUT2D eigenvalue weighted by Crippen LogP contribution is -2.37. The molecule has 1 aromatic rings. The molecule has 0 saturated heterocycles. The Hall–Kier alpha value is -0.100. The molecule has 1 aromatic heterocycles. The SMILES string of the molecule is CCOC(=O)C(NC1CCCCCC1)c1cc(Br)c(Cl)s1. The highest BCUT2D eigenvalue weighted by molar-refractivity contribution is 9.10. The van der Waals surface area contributed by atoms with Crippen molar-refractivity contribution in [3.8, 4) is 0 Å². The van der Waals surface area contributed by atoms with Gasteiger partial charge in [-0.05, 0) is 41.8 Å². The van der Waals surface area contributed by atoms with Crippen LogP contribution in [0, 0.1) is 0 Å². The number of nitrogens with one attached hydrogen (secondary N) is 1. The molecule has 0 spiro atoms. The van der Waals surface area contributed by atoms with Gasteiger partial charge in [-0.3, -0.25) is 5.32 Å². The number of ether oxygens (including phenoxy) is 1. The van der Waals surface area contributed by atoms with Crippen molar-refractivity contribution in [2.45, 2.75) is 57.5 Å². The molecule has 0 bridgehead atoms. The zero-order chi connectivity index (χ0) is 15.2. The summed E-state index contributed by atoms with van der Waals surface area (Å²) < 4.78 is 6.73. The van der Waals surface area contributed by atoms with Gasteiger partial charge in [-0.15, -0.1) is 11.3 Å². The van der Waals surface area contributed by atoms with Gasteiger partial charge >= 0.3 is 5.97 Å². The van der Waals surface area contributed by atoms with Crippen LogP contribution in [0.4, 0.5) is 0 Å². The molecule has 1 unspecified atom stereocenters. The monoisotopic (exact) mass is 393 g/mol. The minimum absolute atomic E-state index is 0.216. The second-order valence-corrected chi connectivity index (χ2v) is 7.85. The minimum atomic E-state index is -0.415. The number of esters is 1. The maximum absolute atomic E-state index is 12.3. The van der Waals surface area contributed by atoms with Gasteiger partial charge < -0.3 is 4.74 Å². The predicted octanol–water partition coefficient (Wildman–Crippen LogP) is 5.08. The van der Waals surface area contributed by atoms with Crippen LogP contribution in [0.3, 0.4) is 0 Å². The van der Waals surface area contributed by atoms with Crippen LogP contribution >= 0.6 is 38.9 Å². The Kier molecular flexibility index (Phi) is 6.99. The number of halogens is 2. The lowest BCUT2D eigenvalue weighted by atomic mass is 10.1. The van der Waals surface area contributed by atoms with E-state index in [0.29, 0.717) is 17.0 Å². The van der Waals surface area contributed by atoms with Crippen molar-refractivity contribution in [2.75, 3.05) is 6.61 Å². The van der Waals surface area contributed by atoms with Gasteiger partial charge in [-0.25, -0.2) is 4.79 Å². The summed E-state index contributed by atoms with van der Waals surface area (Å²) >= 11 is 11.0. The molecule has 1 fully saturated rings. The van der Waals surface area contributed by atoms with E-state index in [1.807, 2.05) is 13.0 Å². The van der Waals surface area contributed by atoms with Crippen LogP contribution in [0.5, 0.6) is 0 Å². The average Bonchev–Trinajstić information content (AvgIpc) is 2.68. The van der Waals surface area contributed by atoms with Crippen molar-refractivity contribution >= 4 is 44.8 Å². The van der Waals surface area contributed by atoms with Gasteiger partial charge in [0.05, 0.1) is 6.61 Å². The van der Waals surface area contributed by atoms with Gasteiger partial charge in [-0.2, -0.15) is 0 Å². The lowest BCUT2D eigenvalue weighted by Gasteiger charge is -2.22. The number of hydrogen-bond donors (Lipinski definition) is 1. The summed E-state index contributed by atoms with van der Waals surface area (Å²) in [4.78, 5) is 13.2. The first-order chi connectivity index (χ1) is 10.1. The third kappa shape index (κ3) is 4.95. The van der Waals surface area contributed by atoms with Crippen molar-refractivity contribution in [2.24, 2.45) is 0 Å². The van der Waals surface area contributed by atoms with E-state index < -0.39 is 6.04 Å². The first kappa shape index (κ1) is 17.3. The van der Waals surface area contributed by atoms with Crippen LogP contribution in [0.25, 0.3) is 0 Å². The zero-order valence-electron chi connectivity index (χ0n) is 12.2. The van der Waals surface area contributed by atoms with Crippen molar-refractivity contribution in [1.82, 2.24) is 5.32 Å². The van der Waals surface area contributed by atoms with E-state index >= 15 is 0 Å². The molecule has 1 N–H and O–H groups in total. The summed E-state index contributed by atoms with van der Waals surface area (Å²) in [6.45, 7) is 2.22. The molecule has 1 aliphatic rings. The second-order valence-electron chi connectivity index (χ2n) is 5.31. The fraction of sp³-hybridized carbons (Fsp3) is 0.667. The van der Waals surface area contributed by atoms with Crippen LogP contribution in [0.1, 0.15) is 56.4 Å². The first-order valence-electron chi connectivity index (χ1n) is 7.49. The zero-order valence-corrected chi connectivity index (χ0v) is 15.3. The number of rotatable bonds is 5. The molecule has 3 nitrogen and oxygen atoms in total. The Labute approximate surface area is 143 Å². The Morgan fingerprint density at radius 3 is 2.67 bits per heavy atom. The third-order valence-electron chi connectivity index (χ3n) is 3.73. The highest BCUT2D eigenvalue weighted by Gasteiger charge is 2.27. The van der Waals surface area contributed by atoms with Crippen molar-refractivity contribution in [1.29, 1.82) is 0 Å². The summed E-state index contributed by atoms with van der Waals surface area (Å²) in [6.07, 6.45) is 7.27. The molecule has 1 aliphatic carbocycles. The molecular weight excluding hydrogens is 374 g/mol. The quantitative estimate of drug-likeness (QED) is 0.559.